The summed E-state index contributed by atoms with van der Waals surface area (Å²) in [5.41, 5.74) is 15.7. The van der Waals surface area contributed by atoms with Gasteiger partial charge in [-0.25, -0.2) is 0 Å². The first-order valence-electron chi connectivity index (χ1n) is 20.3. The van der Waals surface area contributed by atoms with Crippen LogP contribution in [0.5, 0.6) is 11.5 Å². The van der Waals surface area contributed by atoms with Crippen molar-refractivity contribution >= 4 is 43.5 Å². The molecule has 0 saturated heterocycles. The molecule has 59 heavy (non-hydrogen) atoms. The van der Waals surface area contributed by atoms with Crippen molar-refractivity contribution in [2.45, 2.75) is 5.41 Å². The maximum Gasteiger partial charge on any atom is 0.136 e. The summed E-state index contributed by atoms with van der Waals surface area (Å²) in [6, 6.07) is 75.3. The lowest BCUT2D eigenvalue weighted by atomic mass is 9.67. The second kappa shape index (κ2) is 12.2. The zero-order chi connectivity index (χ0) is 38.7. The van der Waals surface area contributed by atoms with Crippen molar-refractivity contribution in [2.24, 2.45) is 0 Å². The van der Waals surface area contributed by atoms with Crippen LogP contribution in [-0.4, -0.2) is 0 Å². The Kier molecular flexibility index (Phi) is 6.68. The van der Waals surface area contributed by atoms with E-state index < -0.39 is 5.41 Å². The lowest BCUT2D eigenvalue weighted by molar-refractivity contribution is 0.487. The highest BCUT2D eigenvalue weighted by Crippen LogP contribution is 2.60. The molecular weight excluding hydrogens is 717 g/mol. The van der Waals surface area contributed by atoms with E-state index in [-0.39, 0.29) is 0 Å². The quantitative estimate of drug-likeness (QED) is 0.179. The van der Waals surface area contributed by atoms with Gasteiger partial charge >= 0.3 is 0 Å². The molecule has 1 aliphatic carbocycles. The zero-order valence-corrected chi connectivity index (χ0v) is 31.9. The Bertz CT molecular complexity index is 3480. The largest absolute Gasteiger partial charge is 0.456 e. The lowest BCUT2D eigenvalue weighted by Crippen LogP contribution is -2.28. The lowest BCUT2D eigenvalue weighted by Gasteiger charge is -2.34. The molecule has 0 fully saturated rings. The fraction of sp³-hybridized carbons (Fsp3) is 0.0175. The molecule has 1 aliphatic heterocycles. The third kappa shape index (κ3) is 4.51. The molecule has 0 spiro atoms. The molecule has 2 heteroatoms. The molecule has 274 valence electrons. The van der Waals surface area contributed by atoms with Crippen LogP contribution in [0.4, 0.5) is 0 Å². The number of para-hydroxylation sites is 1. The fourth-order valence-corrected chi connectivity index (χ4v) is 10.4. The third-order valence-corrected chi connectivity index (χ3v) is 12.9. The van der Waals surface area contributed by atoms with E-state index in [1.807, 2.05) is 6.07 Å². The number of hydrogen-bond acceptors (Lipinski definition) is 2. The van der Waals surface area contributed by atoms with Gasteiger partial charge in [-0.15, -0.1) is 0 Å². The van der Waals surface area contributed by atoms with Gasteiger partial charge in [0, 0.05) is 21.7 Å². The maximum atomic E-state index is 6.54. The second-order valence-corrected chi connectivity index (χ2v) is 15.9. The Balaban J connectivity index is 1.11. The Morgan fingerprint density at radius 3 is 1.83 bits per heavy atom. The van der Waals surface area contributed by atoms with Gasteiger partial charge in [0.05, 0.1) is 5.41 Å². The summed E-state index contributed by atoms with van der Waals surface area (Å²) in [4.78, 5) is 0. The fourth-order valence-electron chi connectivity index (χ4n) is 10.4. The van der Waals surface area contributed by atoms with E-state index in [0.717, 1.165) is 61.1 Å². The molecule has 11 aromatic rings. The average molecular weight is 751 g/mol. The minimum Gasteiger partial charge on any atom is -0.456 e. The molecule has 2 nitrogen and oxygen atoms in total. The molecule has 0 saturated carbocycles. The van der Waals surface area contributed by atoms with Gasteiger partial charge in [-0.1, -0.05) is 158 Å². The van der Waals surface area contributed by atoms with E-state index in [0.29, 0.717) is 0 Å². The van der Waals surface area contributed by atoms with E-state index in [2.05, 4.69) is 200 Å². The van der Waals surface area contributed by atoms with Crippen molar-refractivity contribution in [1.29, 1.82) is 0 Å². The van der Waals surface area contributed by atoms with Crippen LogP contribution < -0.4 is 4.74 Å². The van der Waals surface area contributed by atoms with Crippen LogP contribution in [0.3, 0.4) is 0 Å². The van der Waals surface area contributed by atoms with Crippen LogP contribution in [0.25, 0.3) is 88.0 Å². The van der Waals surface area contributed by atoms with E-state index in [1.54, 1.807) is 0 Å². The normalized spacial score (nSPS) is 13.4. The number of benzene rings is 10. The van der Waals surface area contributed by atoms with Crippen molar-refractivity contribution in [1.82, 2.24) is 0 Å². The Morgan fingerprint density at radius 1 is 0.339 bits per heavy atom. The van der Waals surface area contributed by atoms with Crippen molar-refractivity contribution in [3.63, 3.8) is 0 Å². The molecule has 13 rings (SSSR count). The molecule has 0 atom stereocenters. The molecule has 1 aromatic heterocycles. The molecule has 10 aromatic carbocycles. The predicted molar refractivity (Wildman–Crippen MR) is 242 cm³/mol. The molecule has 0 N–H and O–H groups in total. The van der Waals surface area contributed by atoms with Crippen molar-refractivity contribution < 1.29 is 9.15 Å². The first-order valence-corrected chi connectivity index (χ1v) is 20.3. The Labute approximate surface area is 341 Å². The van der Waals surface area contributed by atoms with Crippen LogP contribution in [0.15, 0.2) is 211 Å². The molecule has 0 unspecified atom stereocenters. The summed E-state index contributed by atoms with van der Waals surface area (Å²) in [6.07, 6.45) is 0. The summed E-state index contributed by atoms with van der Waals surface area (Å²) < 4.78 is 13.1. The number of furan rings is 1. The highest BCUT2D eigenvalue weighted by atomic mass is 16.5. The number of ether oxygens (including phenoxy) is 1. The van der Waals surface area contributed by atoms with E-state index in [9.17, 15) is 0 Å². The van der Waals surface area contributed by atoms with Crippen LogP contribution in [0, 0.1) is 0 Å². The van der Waals surface area contributed by atoms with E-state index in [4.69, 9.17) is 9.15 Å². The average Bonchev–Trinajstić information content (AvgIpc) is 3.81. The first-order chi connectivity index (χ1) is 29.2. The topological polar surface area (TPSA) is 22.4 Å². The summed E-state index contributed by atoms with van der Waals surface area (Å²) in [5.74, 6) is 1.79. The molecule has 2 aliphatic rings. The minimum absolute atomic E-state index is 0.604. The van der Waals surface area contributed by atoms with Gasteiger partial charge in [0.25, 0.3) is 0 Å². The van der Waals surface area contributed by atoms with Crippen LogP contribution >= 0.6 is 0 Å². The monoisotopic (exact) mass is 750 g/mol. The van der Waals surface area contributed by atoms with E-state index in [1.165, 1.54) is 60.7 Å². The van der Waals surface area contributed by atoms with Crippen LogP contribution in [-0.2, 0) is 5.41 Å². The predicted octanol–water partition coefficient (Wildman–Crippen LogP) is 15.4. The smallest absolute Gasteiger partial charge is 0.136 e. The summed E-state index contributed by atoms with van der Waals surface area (Å²) in [5, 5.41) is 7.04. The number of rotatable bonds is 4. The SMILES string of the molecule is c1ccc(C2(c3ccccc3)c3cc(-c4ccc5c(c4)-c4cccc6cccc(c46)O5)ccc3-c3c2cc2ccccc2c3-c2ccc3c(c2)oc2ccccc23)cc1. The number of fused-ring (bicyclic) bond motifs is 9. The van der Waals surface area contributed by atoms with Gasteiger partial charge < -0.3 is 9.15 Å². The molecule has 2 heterocycles. The first kappa shape index (κ1) is 32.4. The maximum absolute atomic E-state index is 6.54. The molecule has 0 radical (unpaired) electrons. The van der Waals surface area contributed by atoms with Crippen molar-refractivity contribution in [3.8, 4) is 56.0 Å². The van der Waals surface area contributed by atoms with Gasteiger partial charge in [0.15, 0.2) is 0 Å². The molecule has 0 bridgehead atoms. The summed E-state index contributed by atoms with van der Waals surface area (Å²) in [7, 11) is 0. The van der Waals surface area contributed by atoms with Gasteiger partial charge in [-0.05, 0) is 126 Å². The highest BCUT2D eigenvalue weighted by Gasteiger charge is 2.47. The van der Waals surface area contributed by atoms with Crippen molar-refractivity contribution in [2.75, 3.05) is 0 Å². The molecule has 0 amide bonds. The van der Waals surface area contributed by atoms with Gasteiger partial charge in [0.1, 0.15) is 22.7 Å². The zero-order valence-electron chi connectivity index (χ0n) is 31.9. The number of hydrogen-bond donors (Lipinski definition) is 0. The van der Waals surface area contributed by atoms with Crippen molar-refractivity contribution in [3.05, 3.63) is 229 Å². The van der Waals surface area contributed by atoms with Gasteiger partial charge in [0.2, 0.25) is 0 Å². The second-order valence-electron chi connectivity index (χ2n) is 15.9. The standard InChI is InChI=1S/C57H34O2/c1-3-16-40(17-4-1)57(41-18-5-2-6-19-41)48-32-37(36-27-30-51-47(31-36)45-22-11-14-35-15-12-24-52(58-51)54(35)45)25-29-46(48)56-49(57)33-38-13-7-8-20-42(38)55(56)39-26-28-44-43-21-9-10-23-50(43)59-53(44)34-39/h1-34H. The van der Waals surface area contributed by atoms with Crippen LogP contribution in [0.1, 0.15) is 22.3 Å². The highest BCUT2D eigenvalue weighted by molar-refractivity contribution is 6.12. The third-order valence-electron chi connectivity index (χ3n) is 12.9. The van der Waals surface area contributed by atoms with Gasteiger partial charge in [-0.2, -0.15) is 0 Å². The Morgan fingerprint density at radius 2 is 1.00 bits per heavy atom. The summed E-state index contributed by atoms with van der Waals surface area (Å²) >= 11 is 0. The van der Waals surface area contributed by atoms with Crippen LogP contribution in [0.2, 0.25) is 0 Å². The van der Waals surface area contributed by atoms with Gasteiger partial charge in [-0.3, -0.25) is 0 Å². The molecular formula is C57H34O2. The Hall–Kier alpha value is -7.68. The minimum atomic E-state index is -0.604. The van der Waals surface area contributed by atoms with E-state index >= 15 is 0 Å². The summed E-state index contributed by atoms with van der Waals surface area (Å²) in [6.45, 7) is 0.